The number of pyridine rings is 1. The standard InChI is InChI=1S/C20H16N4O.C6H14O/c21-20(25)18-13-17(19-2-1-11-24(19)23-18)12-14-3-5-15(6-4-14)16-7-9-22-10-8-16;1-3-5-6(7)4-2/h1-11,13H,12H2,(H2,21,25);6-7H,3-5H2,1-2H3. The van der Waals surface area contributed by atoms with E-state index in [0.717, 1.165) is 47.0 Å². The van der Waals surface area contributed by atoms with Gasteiger partial charge in [0.25, 0.3) is 5.91 Å². The summed E-state index contributed by atoms with van der Waals surface area (Å²) in [5.74, 6) is -0.523. The van der Waals surface area contributed by atoms with E-state index in [1.807, 2.05) is 37.4 Å². The summed E-state index contributed by atoms with van der Waals surface area (Å²) in [5.41, 5.74) is 11.1. The van der Waals surface area contributed by atoms with Crippen LogP contribution in [0.2, 0.25) is 0 Å². The Balaban J connectivity index is 0.000000360. The molecule has 0 saturated heterocycles. The molecule has 4 aromatic rings. The number of nitrogens with two attached hydrogens (primary N) is 1. The number of hydrogen-bond acceptors (Lipinski definition) is 4. The summed E-state index contributed by atoms with van der Waals surface area (Å²) in [7, 11) is 0. The van der Waals surface area contributed by atoms with Crippen molar-refractivity contribution in [3.63, 3.8) is 0 Å². The zero-order valence-corrected chi connectivity index (χ0v) is 18.6. The number of amides is 1. The van der Waals surface area contributed by atoms with Gasteiger partial charge in [-0.1, -0.05) is 44.5 Å². The first kappa shape index (κ1) is 23.2. The molecule has 1 atom stereocenters. The van der Waals surface area contributed by atoms with E-state index in [1.54, 1.807) is 23.0 Å². The Morgan fingerprint density at radius 3 is 2.34 bits per heavy atom. The minimum atomic E-state index is -0.523. The van der Waals surface area contributed by atoms with Crippen LogP contribution in [-0.2, 0) is 6.42 Å². The molecule has 3 heterocycles. The van der Waals surface area contributed by atoms with E-state index < -0.39 is 5.91 Å². The number of primary amides is 1. The summed E-state index contributed by atoms with van der Waals surface area (Å²) in [5, 5.41) is 13.1. The summed E-state index contributed by atoms with van der Waals surface area (Å²) in [4.78, 5) is 15.6. The first-order valence-corrected chi connectivity index (χ1v) is 11.0. The van der Waals surface area contributed by atoms with Crippen LogP contribution in [0.4, 0.5) is 0 Å². The van der Waals surface area contributed by atoms with Crippen molar-refractivity contribution < 1.29 is 9.90 Å². The molecule has 0 aliphatic rings. The largest absolute Gasteiger partial charge is 0.393 e. The van der Waals surface area contributed by atoms with Gasteiger partial charge in [-0.25, -0.2) is 4.52 Å². The van der Waals surface area contributed by atoms with Gasteiger partial charge in [0.1, 0.15) is 5.69 Å². The number of rotatable bonds is 7. The van der Waals surface area contributed by atoms with E-state index in [4.69, 9.17) is 10.8 Å². The van der Waals surface area contributed by atoms with E-state index in [1.165, 1.54) is 0 Å². The fraction of sp³-hybridized carbons (Fsp3) is 0.269. The highest BCUT2D eigenvalue weighted by Gasteiger charge is 2.10. The van der Waals surface area contributed by atoms with Crippen molar-refractivity contribution in [3.8, 4) is 11.1 Å². The second kappa shape index (κ2) is 11.2. The second-order valence-electron chi connectivity index (χ2n) is 7.72. The minimum absolute atomic E-state index is 0.0509. The number of aromatic nitrogens is 3. The summed E-state index contributed by atoms with van der Waals surface area (Å²) in [6, 6.07) is 18.0. The van der Waals surface area contributed by atoms with Gasteiger partial charge in [0, 0.05) is 18.6 Å². The van der Waals surface area contributed by atoms with Crippen LogP contribution in [0.25, 0.3) is 16.6 Å². The Morgan fingerprint density at radius 2 is 1.75 bits per heavy atom. The second-order valence-corrected chi connectivity index (χ2v) is 7.72. The predicted molar refractivity (Wildman–Crippen MR) is 127 cm³/mol. The van der Waals surface area contributed by atoms with Crippen molar-refractivity contribution in [2.75, 3.05) is 0 Å². The fourth-order valence-corrected chi connectivity index (χ4v) is 3.48. The summed E-state index contributed by atoms with van der Waals surface area (Å²) < 4.78 is 1.70. The molecule has 0 radical (unpaired) electrons. The minimum Gasteiger partial charge on any atom is -0.393 e. The number of hydrogen-bond donors (Lipinski definition) is 2. The van der Waals surface area contributed by atoms with Crippen LogP contribution in [0.5, 0.6) is 0 Å². The molecule has 6 nitrogen and oxygen atoms in total. The van der Waals surface area contributed by atoms with Crippen molar-refractivity contribution in [3.05, 3.63) is 90.0 Å². The molecule has 0 bridgehead atoms. The summed E-state index contributed by atoms with van der Waals surface area (Å²) in [6.07, 6.45) is 8.98. The topological polar surface area (TPSA) is 93.5 Å². The molecular weight excluding hydrogens is 400 g/mol. The van der Waals surface area contributed by atoms with Crippen molar-refractivity contribution in [1.82, 2.24) is 14.6 Å². The molecule has 1 amide bonds. The monoisotopic (exact) mass is 430 g/mol. The zero-order valence-electron chi connectivity index (χ0n) is 18.6. The van der Waals surface area contributed by atoms with Crippen LogP contribution in [0, 0.1) is 0 Å². The van der Waals surface area contributed by atoms with Crippen molar-refractivity contribution in [2.24, 2.45) is 5.73 Å². The SMILES string of the molecule is CCCC(O)CC.NC(=O)c1cc(Cc2ccc(-c3ccncc3)cc2)c2cccn2n1. The number of nitrogens with zero attached hydrogens (tertiary/aromatic N) is 3. The van der Waals surface area contributed by atoms with Gasteiger partial charge in [0.15, 0.2) is 0 Å². The third kappa shape index (κ3) is 6.02. The molecule has 3 aromatic heterocycles. The summed E-state index contributed by atoms with van der Waals surface area (Å²) >= 11 is 0. The highest BCUT2D eigenvalue weighted by atomic mass is 16.3. The van der Waals surface area contributed by atoms with Crippen LogP contribution in [0.15, 0.2) is 73.2 Å². The average molecular weight is 431 g/mol. The average Bonchev–Trinajstić information content (AvgIpc) is 3.30. The lowest BCUT2D eigenvalue weighted by Crippen LogP contribution is -2.15. The Morgan fingerprint density at radius 1 is 1.06 bits per heavy atom. The number of carbonyl (C=O) groups excluding carboxylic acids is 1. The number of carbonyl (C=O) groups is 1. The highest BCUT2D eigenvalue weighted by molar-refractivity contribution is 5.91. The third-order valence-electron chi connectivity index (χ3n) is 5.29. The third-order valence-corrected chi connectivity index (χ3v) is 5.29. The lowest BCUT2D eigenvalue weighted by molar-refractivity contribution is 0.0994. The highest BCUT2D eigenvalue weighted by Crippen LogP contribution is 2.21. The maximum atomic E-state index is 11.5. The van der Waals surface area contributed by atoms with Gasteiger partial charge < -0.3 is 10.8 Å². The molecule has 0 aliphatic heterocycles. The van der Waals surface area contributed by atoms with Gasteiger partial charge in [-0.3, -0.25) is 9.78 Å². The van der Waals surface area contributed by atoms with Crippen LogP contribution >= 0.6 is 0 Å². The number of benzene rings is 1. The van der Waals surface area contributed by atoms with E-state index in [-0.39, 0.29) is 11.8 Å². The molecule has 0 saturated carbocycles. The van der Waals surface area contributed by atoms with Crippen LogP contribution < -0.4 is 5.73 Å². The smallest absolute Gasteiger partial charge is 0.269 e. The van der Waals surface area contributed by atoms with Crippen LogP contribution in [0.3, 0.4) is 0 Å². The quantitative estimate of drug-likeness (QED) is 0.446. The maximum Gasteiger partial charge on any atom is 0.269 e. The molecular formula is C26H30N4O2. The normalized spacial score (nSPS) is 11.6. The lowest BCUT2D eigenvalue weighted by atomic mass is 10.0. The lowest BCUT2D eigenvalue weighted by Gasteiger charge is -2.08. The zero-order chi connectivity index (χ0) is 22.9. The molecule has 0 fully saturated rings. The van der Waals surface area contributed by atoms with Crippen LogP contribution in [-0.4, -0.2) is 31.7 Å². The Bertz CT molecular complexity index is 1140. The van der Waals surface area contributed by atoms with E-state index in [9.17, 15) is 4.79 Å². The van der Waals surface area contributed by atoms with Crippen molar-refractivity contribution >= 4 is 11.4 Å². The molecule has 3 N–H and O–H groups in total. The first-order chi connectivity index (χ1) is 15.5. The van der Waals surface area contributed by atoms with Gasteiger partial charge >= 0.3 is 0 Å². The molecule has 166 valence electrons. The van der Waals surface area contributed by atoms with Gasteiger partial charge in [-0.05, 0) is 71.8 Å². The van der Waals surface area contributed by atoms with E-state index >= 15 is 0 Å². The molecule has 4 rings (SSSR count). The number of aliphatic hydroxyl groups is 1. The predicted octanol–water partition coefficient (Wildman–Crippen LogP) is 4.64. The van der Waals surface area contributed by atoms with Gasteiger partial charge in [0.2, 0.25) is 0 Å². The Kier molecular flexibility index (Phi) is 8.11. The number of aliphatic hydroxyl groups excluding tert-OH is 1. The molecule has 0 spiro atoms. The Hall–Kier alpha value is -3.51. The van der Waals surface area contributed by atoms with Gasteiger partial charge in [-0.15, -0.1) is 0 Å². The van der Waals surface area contributed by atoms with Gasteiger partial charge in [-0.2, -0.15) is 5.10 Å². The Labute approximate surface area is 188 Å². The van der Waals surface area contributed by atoms with Gasteiger partial charge in [0.05, 0.1) is 11.6 Å². The molecule has 6 heteroatoms. The number of fused-ring (bicyclic) bond motifs is 1. The first-order valence-electron chi connectivity index (χ1n) is 11.0. The molecule has 1 unspecified atom stereocenters. The van der Waals surface area contributed by atoms with Crippen molar-refractivity contribution in [2.45, 2.75) is 45.6 Å². The molecule has 0 aliphatic carbocycles. The summed E-state index contributed by atoms with van der Waals surface area (Å²) in [6.45, 7) is 4.08. The fourth-order valence-electron chi connectivity index (χ4n) is 3.48. The molecule has 32 heavy (non-hydrogen) atoms. The maximum absolute atomic E-state index is 11.5. The van der Waals surface area contributed by atoms with Crippen molar-refractivity contribution in [1.29, 1.82) is 0 Å². The molecule has 1 aromatic carbocycles. The van der Waals surface area contributed by atoms with E-state index in [0.29, 0.717) is 6.42 Å². The van der Waals surface area contributed by atoms with Crippen LogP contribution in [0.1, 0.15) is 54.7 Å². The van der Waals surface area contributed by atoms with E-state index in [2.05, 4.69) is 41.3 Å².